The molecule has 0 heteroatoms. The van der Waals surface area contributed by atoms with Crippen LogP contribution < -0.4 is 0 Å². The topological polar surface area (TPSA) is 0 Å². The molecule has 2 atom stereocenters. The first kappa shape index (κ1) is 18.6. The third-order valence-corrected chi connectivity index (χ3v) is 7.79. The lowest BCUT2D eigenvalue weighted by atomic mass is 9.61. The second-order valence-electron chi connectivity index (χ2n) is 9.79. The molecular weight excluding hydrogens is 372 g/mol. The zero-order chi connectivity index (χ0) is 21.2. The van der Waals surface area contributed by atoms with E-state index >= 15 is 0 Å². The summed E-state index contributed by atoms with van der Waals surface area (Å²) in [5.74, 6) is 0.944. The average molecular weight is 401 g/mol. The summed E-state index contributed by atoms with van der Waals surface area (Å²) in [6, 6.07) is 28.9. The second-order valence-corrected chi connectivity index (χ2v) is 9.79. The summed E-state index contributed by atoms with van der Waals surface area (Å²) in [4.78, 5) is 0. The molecule has 3 aliphatic rings. The Morgan fingerprint density at radius 2 is 1.48 bits per heavy atom. The Balaban J connectivity index is 1.57. The van der Waals surface area contributed by atoms with Crippen LogP contribution in [0.2, 0.25) is 0 Å². The van der Waals surface area contributed by atoms with Crippen LogP contribution in [0.3, 0.4) is 0 Å². The summed E-state index contributed by atoms with van der Waals surface area (Å²) in [6.45, 7) is 7.23. The van der Waals surface area contributed by atoms with Gasteiger partial charge in [-0.1, -0.05) is 111 Å². The van der Waals surface area contributed by atoms with Gasteiger partial charge < -0.3 is 0 Å². The van der Waals surface area contributed by atoms with Crippen LogP contribution in [0.4, 0.5) is 0 Å². The maximum absolute atomic E-state index is 2.56. The Labute approximate surface area is 185 Å². The molecule has 0 amide bonds. The second kappa shape index (κ2) is 6.69. The molecule has 0 heterocycles. The fourth-order valence-corrected chi connectivity index (χ4v) is 6.18. The van der Waals surface area contributed by atoms with Gasteiger partial charge in [0.25, 0.3) is 0 Å². The van der Waals surface area contributed by atoms with Gasteiger partial charge in [0.1, 0.15) is 0 Å². The van der Waals surface area contributed by atoms with Crippen molar-refractivity contribution in [3.05, 3.63) is 129 Å². The summed E-state index contributed by atoms with van der Waals surface area (Å²) >= 11 is 0. The molecule has 2 unspecified atom stereocenters. The number of allylic oxidation sites excluding steroid dienone is 5. The number of hydrogen-bond acceptors (Lipinski definition) is 0. The van der Waals surface area contributed by atoms with Crippen molar-refractivity contribution in [2.75, 3.05) is 0 Å². The third kappa shape index (κ3) is 2.67. The van der Waals surface area contributed by atoms with Crippen molar-refractivity contribution < 1.29 is 0 Å². The third-order valence-electron chi connectivity index (χ3n) is 7.79. The quantitative estimate of drug-likeness (QED) is 0.388. The fourth-order valence-electron chi connectivity index (χ4n) is 6.18. The summed E-state index contributed by atoms with van der Waals surface area (Å²) in [7, 11) is 0. The molecule has 0 bridgehead atoms. The van der Waals surface area contributed by atoms with E-state index in [0.717, 1.165) is 6.42 Å². The maximum atomic E-state index is 2.56. The molecule has 0 nitrogen and oxygen atoms in total. The van der Waals surface area contributed by atoms with E-state index in [-0.39, 0.29) is 5.41 Å². The van der Waals surface area contributed by atoms with E-state index in [4.69, 9.17) is 0 Å². The number of rotatable bonds is 1. The summed E-state index contributed by atoms with van der Waals surface area (Å²) in [5.41, 5.74) is 13.3. The molecule has 0 spiro atoms. The van der Waals surface area contributed by atoms with Crippen molar-refractivity contribution in [3.63, 3.8) is 0 Å². The Bertz CT molecular complexity index is 1280. The highest BCUT2D eigenvalue weighted by Gasteiger charge is 2.43. The van der Waals surface area contributed by atoms with Gasteiger partial charge in [-0.2, -0.15) is 0 Å². The Morgan fingerprint density at radius 3 is 2.29 bits per heavy atom. The number of fused-ring (bicyclic) bond motifs is 4. The molecule has 3 aromatic carbocycles. The van der Waals surface area contributed by atoms with E-state index < -0.39 is 0 Å². The molecular formula is C31H28. The average Bonchev–Trinajstić information content (AvgIpc) is 3.11. The fraction of sp³-hybridized carbons (Fsp3) is 0.226. The van der Waals surface area contributed by atoms with Crippen molar-refractivity contribution in [2.24, 2.45) is 0 Å². The molecule has 0 saturated carbocycles. The zero-order valence-corrected chi connectivity index (χ0v) is 18.5. The van der Waals surface area contributed by atoms with E-state index in [0.29, 0.717) is 11.8 Å². The SMILES string of the molecule is CC1C2=C(C=C3/C(=C/c4ccccc4)c4ccccc4C3C2)C(C)(C)c2ccccc21. The molecule has 0 N–H and O–H groups in total. The minimum atomic E-state index is 0.0308. The number of benzene rings is 3. The number of hydrogen-bond donors (Lipinski definition) is 0. The van der Waals surface area contributed by atoms with Gasteiger partial charge in [-0.15, -0.1) is 0 Å². The molecule has 3 aliphatic carbocycles. The molecule has 0 fully saturated rings. The lowest BCUT2D eigenvalue weighted by Gasteiger charge is -2.42. The summed E-state index contributed by atoms with van der Waals surface area (Å²) < 4.78 is 0. The maximum Gasteiger partial charge on any atom is 0.0149 e. The van der Waals surface area contributed by atoms with Crippen LogP contribution >= 0.6 is 0 Å². The van der Waals surface area contributed by atoms with E-state index in [1.807, 2.05) is 0 Å². The first-order valence-corrected chi connectivity index (χ1v) is 11.5. The first-order chi connectivity index (χ1) is 15.1. The Kier molecular flexibility index (Phi) is 4.02. The molecule has 3 aromatic rings. The highest BCUT2D eigenvalue weighted by molar-refractivity contribution is 5.98. The van der Waals surface area contributed by atoms with Crippen LogP contribution in [-0.2, 0) is 5.41 Å². The lowest BCUT2D eigenvalue weighted by Crippen LogP contribution is -2.31. The van der Waals surface area contributed by atoms with E-state index in [1.54, 1.807) is 5.57 Å². The van der Waals surface area contributed by atoms with Crippen LogP contribution in [0.25, 0.3) is 11.6 Å². The van der Waals surface area contributed by atoms with Gasteiger partial charge in [0.15, 0.2) is 0 Å². The first-order valence-electron chi connectivity index (χ1n) is 11.5. The Hall–Kier alpha value is -3.12. The largest absolute Gasteiger partial charge is 0.0622 e. The van der Waals surface area contributed by atoms with Gasteiger partial charge in [-0.3, -0.25) is 0 Å². The molecule has 152 valence electrons. The molecule has 0 saturated heterocycles. The van der Waals surface area contributed by atoms with E-state index in [1.165, 1.54) is 44.5 Å². The van der Waals surface area contributed by atoms with Gasteiger partial charge in [0.2, 0.25) is 0 Å². The predicted molar refractivity (Wildman–Crippen MR) is 131 cm³/mol. The zero-order valence-electron chi connectivity index (χ0n) is 18.5. The lowest BCUT2D eigenvalue weighted by molar-refractivity contribution is 0.557. The molecule has 0 aromatic heterocycles. The van der Waals surface area contributed by atoms with Crippen LogP contribution in [0, 0.1) is 0 Å². The van der Waals surface area contributed by atoms with E-state index in [2.05, 4.69) is 112 Å². The van der Waals surface area contributed by atoms with E-state index in [9.17, 15) is 0 Å². The van der Waals surface area contributed by atoms with Crippen molar-refractivity contribution in [3.8, 4) is 0 Å². The van der Waals surface area contributed by atoms with Crippen molar-refractivity contribution in [1.29, 1.82) is 0 Å². The van der Waals surface area contributed by atoms with Crippen LogP contribution in [0.5, 0.6) is 0 Å². The molecule has 0 radical (unpaired) electrons. The summed E-state index contributed by atoms with van der Waals surface area (Å²) in [6.07, 6.45) is 6.08. The molecule has 31 heavy (non-hydrogen) atoms. The normalized spacial score (nSPS) is 24.2. The van der Waals surface area contributed by atoms with Crippen molar-refractivity contribution in [1.82, 2.24) is 0 Å². The molecule has 0 aliphatic heterocycles. The molecule has 6 rings (SSSR count). The predicted octanol–water partition coefficient (Wildman–Crippen LogP) is 8.05. The van der Waals surface area contributed by atoms with Crippen LogP contribution in [-0.4, -0.2) is 0 Å². The van der Waals surface area contributed by atoms with Crippen LogP contribution in [0.1, 0.15) is 66.8 Å². The van der Waals surface area contributed by atoms with Crippen LogP contribution in [0.15, 0.2) is 102 Å². The Morgan fingerprint density at radius 1 is 0.806 bits per heavy atom. The summed E-state index contributed by atoms with van der Waals surface area (Å²) in [5, 5.41) is 0. The van der Waals surface area contributed by atoms with Gasteiger partial charge in [-0.25, -0.2) is 0 Å². The minimum Gasteiger partial charge on any atom is -0.0622 e. The highest BCUT2D eigenvalue weighted by Crippen LogP contribution is 2.58. The van der Waals surface area contributed by atoms with Gasteiger partial charge in [0, 0.05) is 17.3 Å². The van der Waals surface area contributed by atoms with Gasteiger partial charge in [-0.05, 0) is 57.0 Å². The standard InChI is InChI=1S/C31H28/c1-20-22-13-9-10-16-29(22)31(2,3)30-19-28-26(17-21-11-5-4-6-12-21)23-14-7-8-15-24(23)27(28)18-25(20)30/h4-17,19-20,27H,18H2,1-3H3/b26-17+. The smallest absolute Gasteiger partial charge is 0.0149 e. The van der Waals surface area contributed by atoms with Gasteiger partial charge >= 0.3 is 0 Å². The monoisotopic (exact) mass is 400 g/mol. The minimum absolute atomic E-state index is 0.0308. The highest BCUT2D eigenvalue weighted by atomic mass is 14.5. The van der Waals surface area contributed by atoms with Crippen molar-refractivity contribution >= 4 is 11.6 Å². The van der Waals surface area contributed by atoms with Crippen molar-refractivity contribution in [2.45, 2.75) is 44.4 Å². The van der Waals surface area contributed by atoms with Gasteiger partial charge in [0.05, 0.1) is 0 Å².